The minimum Gasteiger partial charge on any atom is -0.488 e. The van der Waals surface area contributed by atoms with Crippen molar-refractivity contribution in [2.75, 3.05) is 0 Å². The zero-order valence-electron chi connectivity index (χ0n) is 11.8. The van der Waals surface area contributed by atoms with E-state index in [0.717, 1.165) is 5.56 Å². The summed E-state index contributed by atoms with van der Waals surface area (Å²) >= 11 is 0. The van der Waals surface area contributed by atoms with Crippen LogP contribution in [0.2, 0.25) is 0 Å². The molecule has 0 spiro atoms. The molecule has 4 heteroatoms. The van der Waals surface area contributed by atoms with Gasteiger partial charge in [-0.1, -0.05) is 18.2 Å². The Bertz CT molecular complexity index is 732. The monoisotopic (exact) mass is 283 g/mol. The lowest BCUT2D eigenvalue weighted by atomic mass is 10.1. The first-order chi connectivity index (χ1) is 10.0. The van der Waals surface area contributed by atoms with Crippen molar-refractivity contribution in [2.24, 2.45) is 0 Å². The fraction of sp³-hybridized carbons (Fsp3) is 0.176. The average molecular weight is 283 g/mol. The smallest absolute Gasteiger partial charge is 0.163 e. The summed E-state index contributed by atoms with van der Waals surface area (Å²) in [5.74, 6) is -0.280. The molecule has 2 aromatic carbocycles. The molecule has 2 aromatic rings. The highest BCUT2D eigenvalue weighted by Crippen LogP contribution is 2.23. The largest absolute Gasteiger partial charge is 0.488 e. The van der Waals surface area contributed by atoms with E-state index < -0.39 is 5.82 Å². The Hall–Kier alpha value is -2.67. The van der Waals surface area contributed by atoms with E-state index in [2.05, 4.69) is 0 Å². The van der Waals surface area contributed by atoms with Gasteiger partial charge in [-0.3, -0.25) is 4.79 Å². The lowest BCUT2D eigenvalue weighted by Crippen LogP contribution is -2.04. The second-order valence-corrected chi connectivity index (χ2v) is 4.73. The van der Waals surface area contributed by atoms with Crippen molar-refractivity contribution in [1.82, 2.24) is 0 Å². The van der Waals surface area contributed by atoms with Gasteiger partial charge in [0, 0.05) is 5.56 Å². The molecule has 0 heterocycles. The molecule has 2 rings (SSSR count). The van der Waals surface area contributed by atoms with Gasteiger partial charge in [-0.15, -0.1) is 0 Å². The molecule has 0 aliphatic rings. The molecule has 0 aliphatic heterocycles. The number of nitrogens with zero attached hydrogens (tertiary/aromatic N) is 1. The zero-order valence-corrected chi connectivity index (χ0v) is 11.8. The van der Waals surface area contributed by atoms with Crippen LogP contribution in [0.5, 0.6) is 5.75 Å². The number of benzene rings is 2. The quantitative estimate of drug-likeness (QED) is 0.802. The molecule has 0 N–H and O–H groups in total. The van der Waals surface area contributed by atoms with Gasteiger partial charge in [0.25, 0.3) is 0 Å². The predicted octanol–water partition coefficient (Wildman–Crippen LogP) is 3.79. The van der Waals surface area contributed by atoms with Crippen molar-refractivity contribution in [3.63, 3.8) is 0 Å². The third kappa shape index (κ3) is 3.26. The Morgan fingerprint density at radius 1 is 1.33 bits per heavy atom. The number of carbonyl (C=O) groups is 1. The number of aryl methyl sites for hydroxylation is 1. The molecular formula is C17H14FNO2. The summed E-state index contributed by atoms with van der Waals surface area (Å²) in [7, 11) is 0. The van der Waals surface area contributed by atoms with Crippen LogP contribution < -0.4 is 4.74 Å². The van der Waals surface area contributed by atoms with Crippen LogP contribution in [0.15, 0.2) is 36.4 Å². The third-order valence-corrected chi connectivity index (χ3v) is 3.10. The van der Waals surface area contributed by atoms with Gasteiger partial charge in [0.05, 0.1) is 11.1 Å². The van der Waals surface area contributed by atoms with E-state index in [9.17, 15) is 9.18 Å². The number of ketones is 1. The van der Waals surface area contributed by atoms with Crippen LogP contribution in [0.4, 0.5) is 4.39 Å². The molecule has 0 atom stereocenters. The lowest BCUT2D eigenvalue weighted by Gasteiger charge is -2.11. The SMILES string of the molecule is CC(=O)c1ccc(C)cc1OCc1cccc(C#N)c1F. The van der Waals surface area contributed by atoms with Gasteiger partial charge in [-0.05, 0) is 37.6 Å². The van der Waals surface area contributed by atoms with Gasteiger partial charge in [0.2, 0.25) is 0 Å². The first-order valence-electron chi connectivity index (χ1n) is 6.45. The Labute approximate surface area is 122 Å². The number of Topliss-reactive ketones (excluding diaryl/α,β-unsaturated/α-hetero) is 1. The first kappa shape index (κ1) is 14.7. The normalized spacial score (nSPS) is 10.0. The maximum absolute atomic E-state index is 13.9. The molecule has 0 aromatic heterocycles. The van der Waals surface area contributed by atoms with Gasteiger partial charge in [-0.2, -0.15) is 5.26 Å². The van der Waals surface area contributed by atoms with Gasteiger partial charge < -0.3 is 4.74 Å². The van der Waals surface area contributed by atoms with Crippen molar-refractivity contribution in [3.05, 3.63) is 64.5 Å². The number of carbonyl (C=O) groups excluding carboxylic acids is 1. The highest BCUT2D eigenvalue weighted by Gasteiger charge is 2.12. The van der Waals surface area contributed by atoms with Gasteiger partial charge >= 0.3 is 0 Å². The standard InChI is InChI=1S/C17H14FNO2/c1-11-6-7-15(12(2)20)16(8-11)21-10-14-5-3-4-13(9-19)17(14)18/h3-8H,10H2,1-2H3. The molecule has 0 saturated carbocycles. The van der Waals surface area contributed by atoms with E-state index >= 15 is 0 Å². The summed E-state index contributed by atoms with van der Waals surface area (Å²) in [6.45, 7) is 3.30. The predicted molar refractivity (Wildman–Crippen MR) is 76.6 cm³/mol. The third-order valence-electron chi connectivity index (χ3n) is 3.10. The Balaban J connectivity index is 2.27. The topological polar surface area (TPSA) is 50.1 Å². The van der Waals surface area contributed by atoms with Crippen LogP contribution in [-0.2, 0) is 6.61 Å². The fourth-order valence-electron chi connectivity index (χ4n) is 1.97. The van der Waals surface area contributed by atoms with Crippen molar-refractivity contribution in [1.29, 1.82) is 5.26 Å². The van der Waals surface area contributed by atoms with Crippen molar-refractivity contribution < 1.29 is 13.9 Å². The van der Waals surface area contributed by atoms with Crippen LogP contribution in [0.1, 0.15) is 34.0 Å². The molecule has 0 bridgehead atoms. The lowest BCUT2D eigenvalue weighted by molar-refractivity contribution is 0.101. The van der Waals surface area contributed by atoms with Crippen LogP contribution in [0.25, 0.3) is 0 Å². The van der Waals surface area contributed by atoms with Gasteiger partial charge in [0.1, 0.15) is 24.2 Å². The molecule has 3 nitrogen and oxygen atoms in total. The average Bonchev–Trinajstić information content (AvgIpc) is 2.46. The molecule has 0 radical (unpaired) electrons. The minimum atomic E-state index is -0.586. The van der Waals surface area contributed by atoms with E-state index in [4.69, 9.17) is 10.00 Å². The first-order valence-corrected chi connectivity index (χ1v) is 6.45. The number of hydrogen-bond donors (Lipinski definition) is 0. The summed E-state index contributed by atoms with van der Waals surface area (Å²) in [6, 6.07) is 11.6. The van der Waals surface area contributed by atoms with E-state index in [0.29, 0.717) is 11.3 Å². The van der Waals surface area contributed by atoms with Crippen molar-refractivity contribution in [2.45, 2.75) is 20.5 Å². The fourth-order valence-corrected chi connectivity index (χ4v) is 1.97. The van der Waals surface area contributed by atoms with E-state index in [1.54, 1.807) is 30.3 Å². The van der Waals surface area contributed by atoms with Crippen molar-refractivity contribution in [3.8, 4) is 11.8 Å². The van der Waals surface area contributed by atoms with E-state index in [-0.39, 0.29) is 23.5 Å². The zero-order chi connectivity index (χ0) is 15.4. The molecule has 0 aliphatic carbocycles. The second-order valence-electron chi connectivity index (χ2n) is 4.73. The number of hydrogen-bond acceptors (Lipinski definition) is 3. The maximum atomic E-state index is 13.9. The molecule has 106 valence electrons. The minimum absolute atomic E-state index is 0.0212. The summed E-state index contributed by atoms with van der Waals surface area (Å²) in [5, 5.41) is 8.81. The molecule has 0 saturated heterocycles. The molecular weight excluding hydrogens is 269 g/mol. The molecule has 0 unspecified atom stereocenters. The number of rotatable bonds is 4. The van der Waals surface area contributed by atoms with Crippen LogP contribution in [0, 0.1) is 24.1 Å². The second kappa shape index (κ2) is 6.19. The number of nitriles is 1. The highest BCUT2D eigenvalue weighted by atomic mass is 19.1. The Kier molecular flexibility index (Phi) is 4.34. The maximum Gasteiger partial charge on any atom is 0.163 e. The van der Waals surface area contributed by atoms with Crippen LogP contribution >= 0.6 is 0 Å². The van der Waals surface area contributed by atoms with Crippen LogP contribution in [-0.4, -0.2) is 5.78 Å². The summed E-state index contributed by atoms with van der Waals surface area (Å²) in [5.41, 5.74) is 1.66. The summed E-state index contributed by atoms with van der Waals surface area (Å²) in [6.07, 6.45) is 0. The molecule has 21 heavy (non-hydrogen) atoms. The summed E-state index contributed by atoms with van der Waals surface area (Å²) in [4.78, 5) is 11.6. The Morgan fingerprint density at radius 2 is 2.10 bits per heavy atom. The highest BCUT2D eigenvalue weighted by molar-refractivity contribution is 5.96. The number of ether oxygens (including phenoxy) is 1. The van der Waals surface area contributed by atoms with Gasteiger partial charge in [0.15, 0.2) is 5.78 Å². The van der Waals surface area contributed by atoms with Crippen molar-refractivity contribution >= 4 is 5.78 Å². The van der Waals surface area contributed by atoms with E-state index in [1.165, 1.54) is 13.0 Å². The Morgan fingerprint density at radius 3 is 2.76 bits per heavy atom. The molecule has 0 fully saturated rings. The molecule has 0 amide bonds. The summed E-state index contributed by atoms with van der Waals surface area (Å²) < 4.78 is 19.5. The van der Waals surface area contributed by atoms with Gasteiger partial charge in [-0.25, -0.2) is 4.39 Å². The van der Waals surface area contributed by atoms with E-state index in [1.807, 2.05) is 13.0 Å². The van der Waals surface area contributed by atoms with Crippen LogP contribution in [0.3, 0.4) is 0 Å². The number of halogens is 1.